The van der Waals surface area contributed by atoms with Gasteiger partial charge in [-0.1, -0.05) is 35.9 Å². The average Bonchev–Trinajstić information content (AvgIpc) is 2.91. The second-order valence-corrected chi connectivity index (χ2v) is 5.82. The second kappa shape index (κ2) is 6.81. The van der Waals surface area contributed by atoms with Crippen molar-refractivity contribution in [1.82, 2.24) is 4.98 Å². The first kappa shape index (κ1) is 15.5. The Labute approximate surface area is 138 Å². The first-order valence-electron chi connectivity index (χ1n) is 7.32. The van der Waals surface area contributed by atoms with Crippen molar-refractivity contribution < 1.29 is 14.1 Å². The zero-order chi connectivity index (χ0) is 16.2. The summed E-state index contributed by atoms with van der Waals surface area (Å²) in [6.07, 6.45) is 0. The number of nitrogens with zero attached hydrogens (tertiary/aromatic N) is 1. The molecule has 1 aromatic heterocycles. The van der Waals surface area contributed by atoms with Gasteiger partial charge in [-0.2, -0.15) is 0 Å². The lowest BCUT2D eigenvalue weighted by Gasteiger charge is -2.12. The molecule has 1 heterocycles. The van der Waals surface area contributed by atoms with Crippen molar-refractivity contribution >= 4 is 34.3 Å². The van der Waals surface area contributed by atoms with E-state index in [1.807, 2.05) is 43.4 Å². The maximum atomic E-state index is 12.1. The average molecular weight is 331 g/mol. The number of hydrogen-bond acceptors (Lipinski definition) is 3. The van der Waals surface area contributed by atoms with E-state index in [-0.39, 0.29) is 5.91 Å². The molecule has 1 atom stereocenters. The van der Waals surface area contributed by atoms with Crippen LogP contribution in [0.2, 0.25) is 5.02 Å². The number of benzene rings is 2. The van der Waals surface area contributed by atoms with Gasteiger partial charge in [-0.05, 0) is 24.3 Å². The van der Waals surface area contributed by atoms with Crippen LogP contribution in [0.25, 0.3) is 11.1 Å². The lowest BCUT2D eigenvalue weighted by Crippen LogP contribution is -3.08. The fraction of sp³-hybridized carbons (Fsp3) is 0.176. The number of oxazole rings is 1. The Bertz CT molecular complexity index is 798. The third kappa shape index (κ3) is 3.88. The number of hydrogen-bond donors (Lipinski definition) is 2. The molecule has 0 spiro atoms. The molecule has 0 bridgehead atoms. The molecule has 0 aliphatic heterocycles. The van der Waals surface area contributed by atoms with Crippen LogP contribution in [0.3, 0.4) is 0 Å². The van der Waals surface area contributed by atoms with E-state index in [1.54, 1.807) is 12.1 Å². The van der Waals surface area contributed by atoms with Gasteiger partial charge in [0.15, 0.2) is 18.7 Å². The monoisotopic (exact) mass is 330 g/mol. The van der Waals surface area contributed by atoms with Crippen LogP contribution in [-0.4, -0.2) is 24.5 Å². The molecule has 0 fully saturated rings. The van der Waals surface area contributed by atoms with E-state index in [0.29, 0.717) is 29.7 Å². The van der Waals surface area contributed by atoms with Crippen LogP contribution >= 0.6 is 11.6 Å². The number of carbonyl (C=O) groups excluding carboxylic acids is 1. The number of carbonyl (C=O) groups is 1. The number of anilines is 1. The van der Waals surface area contributed by atoms with Gasteiger partial charge in [0.05, 0.1) is 17.8 Å². The Morgan fingerprint density at radius 1 is 1.22 bits per heavy atom. The van der Waals surface area contributed by atoms with Crippen LogP contribution in [0, 0.1) is 0 Å². The van der Waals surface area contributed by atoms with Gasteiger partial charge in [0.25, 0.3) is 11.8 Å². The van der Waals surface area contributed by atoms with Gasteiger partial charge in [-0.25, -0.2) is 4.98 Å². The van der Waals surface area contributed by atoms with Crippen LogP contribution in [0.5, 0.6) is 0 Å². The van der Waals surface area contributed by atoms with Gasteiger partial charge in [0, 0.05) is 0 Å². The predicted molar refractivity (Wildman–Crippen MR) is 89.5 cm³/mol. The molecule has 118 valence electrons. The van der Waals surface area contributed by atoms with E-state index in [0.717, 1.165) is 16.0 Å². The van der Waals surface area contributed by atoms with Gasteiger partial charge in [0.2, 0.25) is 0 Å². The van der Waals surface area contributed by atoms with Crippen LogP contribution in [0.1, 0.15) is 5.89 Å². The number of amides is 1. The van der Waals surface area contributed by atoms with Gasteiger partial charge >= 0.3 is 0 Å². The van der Waals surface area contributed by atoms with Crippen molar-refractivity contribution in [1.29, 1.82) is 0 Å². The number of aromatic nitrogens is 1. The number of quaternary nitrogens is 1. The molecular formula is C17H17ClN3O2+. The standard InChI is InChI=1S/C17H16ClN3O2/c1-21(10-16(22)19-13-7-3-2-6-12(13)18)11-17-20-14-8-4-5-9-15(14)23-17/h2-9H,10-11H2,1H3,(H,19,22)/p+1. The maximum absolute atomic E-state index is 12.1. The van der Waals surface area contributed by atoms with Crippen LogP contribution in [-0.2, 0) is 11.3 Å². The SMILES string of the molecule is C[NH+](CC(=O)Nc1ccccc1Cl)Cc1nc2ccccc2o1. The highest BCUT2D eigenvalue weighted by atomic mass is 35.5. The zero-order valence-corrected chi connectivity index (χ0v) is 13.4. The third-order valence-corrected chi connectivity index (χ3v) is 3.73. The van der Waals surface area contributed by atoms with Crippen molar-refractivity contribution in [3.8, 4) is 0 Å². The third-order valence-electron chi connectivity index (χ3n) is 3.40. The minimum absolute atomic E-state index is 0.105. The zero-order valence-electron chi connectivity index (χ0n) is 12.7. The molecule has 0 aliphatic carbocycles. The van der Waals surface area contributed by atoms with Crippen LogP contribution in [0.15, 0.2) is 52.9 Å². The molecule has 2 N–H and O–H groups in total. The fourth-order valence-corrected chi connectivity index (χ4v) is 2.53. The lowest BCUT2D eigenvalue weighted by atomic mass is 10.3. The number of fused-ring (bicyclic) bond motifs is 1. The predicted octanol–water partition coefficient (Wildman–Crippen LogP) is 2.13. The molecule has 0 aliphatic rings. The quantitative estimate of drug-likeness (QED) is 0.753. The van der Waals surface area contributed by atoms with E-state index in [2.05, 4.69) is 10.3 Å². The van der Waals surface area contributed by atoms with Crippen molar-refractivity contribution in [2.75, 3.05) is 18.9 Å². The maximum Gasteiger partial charge on any atom is 0.279 e. The highest BCUT2D eigenvalue weighted by molar-refractivity contribution is 6.33. The molecule has 2 aromatic carbocycles. The summed E-state index contributed by atoms with van der Waals surface area (Å²) in [4.78, 5) is 17.5. The Kier molecular flexibility index (Phi) is 4.60. The number of rotatable bonds is 5. The molecule has 3 rings (SSSR count). The first-order chi connectivity index (χ1) is 11.1. The molecule has 1 unspecified atom stereocenters. The van der Waals surface area contributed by atoms with Crippen molar-refractivity contribution in [2.45, 2.75) is 6.54 Å². The highest BCUT2D eigenvalue weighted by Gasteiger charge is 2.15. The Balaban J connectivity index is 1.59. The molecule has 1 amide bonds. The number of nitrogens with one attached hydrogen (secondary N) is 2. The van der Waals surface area contributed by atoms with Gasteiger partial charge in [0.1, 0.15) is 5.52 Å². The summed E-state index contributed by atoms with van der Waals surface area (Å²) >= 11 is 6.03. The van der Waals surface area contributed by atoms with Crippen LogP contribution < -0.4 is 10.2 Å². The first-order valence-corrected chi connectivity index (χ1v) is 7.70. The van der Waals surface area contributed by atoms with E-state index in [4.69, 9.17) is 16.0 Å². The van der Waals surface area contributed by atoms with Crippen molar-refractivity contribution in [3.63, 3.8) is 0 Å². The molecule has 0 saturated heterocycles. The lowest BCUT2D eigenvalue weighted by molar-refractivity contribution is -0.886. The number of para-hydroxylation sites is 3. The smallest absolute Gasteiger partial charge is 0.279 e. The molecule has 6 heteroatoms. The molecule has 0 radical (unpaired) electrons. The summed E-state index contributed by atoms with van der Waals surface area (Å²) in [6, 6.07) is 14.8. The largest absolute Gasteiger partial charge is 0.435 e. The summed E-state index contributed by atoms with van der Waals surface area (Å²) in [5.41, 5.74) is 2.21. The van der Waals surface area contributed by atoms with E-state index in [9.17, 15) is 4.79 Å². The Hall–Kier alpha value is -2.37. The van der Waals surface area contributed by atoms with Gasteiger partial charge in [-0.3, -0.25) is 4.79 Å². The summed E-state index contributed by atoms with van der Waals surface area (Å²) in [6.45, 7) is 0.828. The summed E-state index contributed by atoms with van der Waals surface area (Å²) in [5, 5.41) is 3.34. The summed E-state index contributed by atoms with van der Waals surface area (Å²) in [5.74, 6) is 0.515. The van der Waals surface area contributed by atoms with E-state index in [1.165, 1.54) is 0 Å². The minimum atomic E-state index is -0.105. The van der Waals surface area contributed by atoms with Crippen LogP contribution in [0.4, 0.5) is 5.69 Å². The number of halogens is 1. The molecular weight excluding hydrogens is 314 g/mol. The second-order valence-electron chi connectivity index (χ2n) is 5.41. The van der Waals surface area contributed by atoms with Gasteiger partial charge in [-0.15, -0.1) is 0 Å². The van der Waals surface area contributed by atoms with E-state index < -0.39 is 0 Å². The normalized spacial score (nSPS) is 12.3. The van der Waals surface area contributed by atoms with E-state index >= 15 is 0 Å². The summed E-state index contributed by atoms with van der Waals surface area (Å²) in [7, 11) is 1.92. The van der Waals surface area contributed by atoms with Crippen molar-refractivity contribution in [2.24, 2.45) is 0 Å². The molecule has 3 aromatic rings. The number of likely N-dealkylation sites (N-methyl/N-ethyl adjacent to an activating group) is 1. The Morgan fingerprint density at radius 3 is 2.74 bits per heavy atom. The van der Waals surface area contributed by atoms with Gasteiger partial charge < -0.3 is 14.6 Å². The molecule has 5 nitrogen and oxygen atoms in total. The molecule has 0 saturated carbocycles. The topological polar surface area (TPSA) is 59.6 Å². The Morgan fingerprint density at radius 2 is 1.96 bits per heavy atom. The molecule has 23 heavy (non-hydrogen) atoms. The highest BCUT2D eigenvalue weighted by Crippen LogP contribution is 2.20. The fourth-order valence-electron chi connectivity index (χ4n) is 2.35. The minimum Gasteiger partial charge on any atom is -0.435 e. The van der Waals surface area contributed by atoms with Crippen molar-refractivity contribution in [3.05, 3.63) is 59.4 Å². The summed E-state index contributed by atoms with van der Waals surface area (Å²) < 4.78 is 5.67.